The Balaban J connectivity index is 1.42. The van der Waals surface area contributed by atoms with Crippen molar-refractivity contribution < 1.29 is 14.6 Å². The van der Waals surface area contributed by atoms with Crippen LogP contribution in [0.2, 0.25) is 0 Å². The number of hydrogen-bond acceptors (Lipinski definition) is 4. The smallest absolute Gasteiger partial charge is 0.161 e. The molecule has 0 aliphatic carbocycles. The van der Waals surface area contributed by atoms with Gasteiger partial charge >= 0.3 is 0 Å². The number of aromatic hydroxyl groups is 1. The van der Waals surface area contributed by atoms with Crippen LogP contribution in [0.25, 0.3) is 0 Å². The molecule has 0 amide bonds. The fourth-order valence-electron chi connectivity index (χ4n) is 3.91. The number of phenols is 1. The molecule has 0 heterocycles. The zero-order chi connectivity index (χ0) is 24.8. The SMILES string of the molecule is CC(C)(c1ccccc1)c1ccc(O)c(OCc2cccc(COc3ccc(C(=N)N)cc3)c2)c1. The summed E-state index contributed by atoms with van der Waals surface area (Å²) in [5.74, 6) is 1.31. The number of nitrogens with one attached hydrogen (secondary N) is 1. The molecule has 5 heteroatoms. The second-order valence-corrected chi connectivity index (χ2v) is 9.01. The van der Waals surface area contributed by atoms with Crippen LogP contribution in [0, 0.1) is 5.41 Å². The predicted octanol–water partition coefficient (Wildman–Crippen LogP) is 6.16. The molecule has 4 rings (SSSR count). The van der Waals surface area contributed by atoms with Crippen LogP contribution in [0.4, 0.5) is 0 Å². The van der Waals surface area contributed by atoms with E-state index in [-0.39, 0.29) is 17.0 Å². The van der Waals surface area contributed by atoms with Crippen LogP contribution in [0.1, 0.15) is 41.7 Å². The van der Waals surface area contributed by atoms with E-state index in [2.05, 4.69) is 26.0 Å². The molecule has 178 valence electrons. The van der Waals surface area contributed by atoms with Crippen molar-refractivity contribution in [3.8, 4) is 17.2 Å². The van der Waals surface area contributed by atoms with Crippen molar-refractivity contribution in [2.24, 2.45) is 5.73 Å². The second-order valence-electron chi connectivity index (χ2n) is 9.01. The number of benzene rings is 4. The molecular weight excluding hydrogens is 436 g/mol. The Kier molecular flexibility index (Phi) is 7.06. The number of ether oxygens (including phenoxy) is 2. The highest BCUT2D eigenvalue weighted by Crippen LogP contribution is 2.37. The number of nitrogens with two attached hydrogens (primary N) is 1. The minimum absolute atomic E-state index is 0.0319. The highest BCUT2D eigenvalue weighted by molar-refractivity contribution is 5.94. The van der Waals surface area contributed by atoms with Crippen LogP contribution in [0.3, 0.4) is 0 Å². The largest absolute Gasteiger partial charge is 0.504 e. The van der Waals surface area contributed by atoms with Crippen LogP contribution in [0.15, 0.2) is 97.1 Å². The topological polar surface area (TPSA) is 88.6 Å². The maximum Gasteiger partial charge on any atom is 0.161 e. The van der Waals surface area contributed by atoms with E-state index >= 15 is 0 Å². The Morgan fingerprint density at radius 1 is 0.771 bits per heavy atom. The van der Waals surface area contributed by atoms with Crippen LogP contribution < -0.4 is 15.2 Å². The Morgan fingerprint density at radius 3 is 2.09 bits per heavy atom. The van der Waals surface area contributed by atoms with Crippen molar-refractivity contribution in [3.63, 3.8) is 0 Å². The van der Waals surface area contributed by atoms with E-state index in [1.54, 1.807) is 30.3 Å². The molecular formula is C30H30N2O3. The summed E-state index contributed by atoms with van der Waals surface area (Å²) in [6.07, 6.45) is 0. The summed E-state index contributed by atoms with van der Waals surface area (Å²) >= 11 is 0. The van der Waals surface area contributed by atoms with Crippen molar-refractivity contribution in [1.82, 2.24) is 0 Å². The summed E-state index contributed by atoms with van der Waals surface area (Å²) in [6, 6.07) is 31.0. The molecule has 5 nitrogen and oxygen atoms in total. The lowest BCUT2D eigenvalue weighted by molar-refractivity contribution is 0.286. The molecule has 35 heavy (non-hydrogen) atoms. The van der Waals surface area contributed by atoms with Gasteiger partial charge in [0.2, 0.25) is 0 Å². The highest BCUT2D eigenvalue weighted by atomic mass is 16.5. The van der Waals surface area contributed by atoms with E-state index in [1.165, 1.54) is 5.56 Å². The predicted molar refractivity (Wildman–Crippen MR) is 139 cm³/mol. The van der Waals surface area contributed by atoms with Gasteiger partial charge < -0.3 is 20.3 Å². The monoisotopic (exact) mass is 466 g/mol. The standard InChI is InChI=1S/C30H30N2O3/c1-30(2,24-9-4-3-5-10-24)25-13-16-27(33)28(18-25)35-20-22-8-6-7-21(17-22)19-34-26-14-11-23(12-15-26)29(31)32/h3-18,33H,19-20H2,1-2H3,(H3,31,32). The van der Waals surface area contributed by atoms with E-state index < -0.39 is 0 Å². The zero-order valence-corrected chi connectivity index (χ0v) is 20.0. The molecule has 0 aliphatic heterocycles. The number of rotatable bonds is 9. The maximum atomic E-state index is 10.4. The minimum atomic E-state index is -0.229. The van der Waals surface area contributed by atoms with E-state index in [0.717, 1.165) is 16.7 Å². The van der Waals surface area contributed by atoms with Gasteiger partial charge in [-0.05, 0) is 64.7 Å². The van der Waals surface area contributed by atoms with Crippen molar-refractivity contribution in [2.45, 2.75) is 32.5 Å². The summed E-state index contributed by atoms with van der Waals surface area (Å²) in [5, 5.41) is 17.9. The molecule has 0 radical (unpaired) electrons. The molecule has 0 atom stereocenters. The molecule has 0 bridgehead atoms. The first-order chi connectivity index (χ1) is 16.8. The third-order valence-electron chi connectivity index (χ3n) is 6.13. The van der Waals surface area contributed by atoms with Crippen molar-refractivity contribution in [1.29, 1.82) is 5.41 Å². The van der Waals surface area contributed by atoms with Crippen LogP contribution >= 0.6 is 0 Å². The minimum Gasteiger partial charge on any atom is -0.504 e. The van der Waals surface area contributed by atoms with Gasteiger partial charge in [-0.15, -0.1) is 0 Å². The average molecular weight is 467 g/mol. The molecule has 0 saturated heterocycles. The summed E-state index contributed by atoms with van der Waals surface area (Å²) in [4.78, 5) is 0. The van der Waals surface area contributed by atoms with Gasteiger partial charge in [0.15, 0.2) is 11.5 Å². The van der Waals surface area contributed by atoms with Crippen LogP contribution in [-0.4, -0.2) is 10.9 Å². The summed E-state index contributed by atoms with van der Waals surface area (Å²) < 4.78 is 11.9. The first kappa shape index (κ1) is 23.9. The Hall–Kier alpha value is -4.25. The molecule has 0 aliphatic rings. The lowest BCUT2D eigenvalue weighted by Crippen LogP contribution is -2.18. The van der Waals surface area contributed by atoms with Crippen LogP contribution in [0.5, 0.6) is 17.2 Å². The van der Waals surface area contributed by atoms with E-state index in [1.807, 2.05) is 54.6 Å². The Labute approximate surface area is 206 Å². The van der Waals surface area contributed by atoms with Gasteiger partial charge in [0.1, 0.15) is 24.8 Å². The number of phenolic OH excluding ortho intramolecular Hbond substituents is 1. The Morgan fingerprint density at radius 2 is 1.43 bits per heavy atom. The molecule has 0 aromatic heterocycles. The van der Waals surface area contributed by atoms with E-state index in [9.17, 15) is 5.11 Å². The van der Waals surface area contributed by atoms with Gasteiger partial charge in [-0.1, -0.05) is 68.4 Å². The third-order valence-corrected chi connectivity index (χ3v) is 6.13. The van der Waals surface area contributed by atoms with Gasteiger partial charge in [0, 0.05) is 11.0 Å². The van der Waals surface area contributed by atoms with E-state index in [0.29, 0.717) is 30.3 Å². The quantitative estimate of drug-likeness (QED) is 0.204. The van der Waals surface area contributed by atoms with Crippen molar-refractivity contribution in [3.05, 3.63) is 125 Å². The number of hydrogen-bond donors (Lipinski definition) is 3. The molecule has 4 aromatic rings. The molecule has 0 fully saturated rings. The third kappa shape index (κ3) is 5.82. The van der Waals surface area contributed by atoms with Gasteiger partial charge in [0.05, 0.1) is 0 Å². The summed E-state index contributed by atoms with van der Waals surface area (Å²) in [5.41, 5.74) is 10.2. The first-order valence-electron chi connectivity index (χ1n) is 11.5. The molecule has 0 spiro atoms. The van der Waals surface area contributed by atoms with Gasteiger partial charge in [-0.25, -0.2) is 0 Å². The van der Waals surface area contributed by atoms with E-state index in [4.69, 9.17) is 20.6 Å². The normalized spacial score (nSPS) is 11.1. The van der Waals surface area contributed by atoms with Gasteiger partial charge in [-0.2, -0.15) is 0 Å². The fourth-order valence-corrected chi connectivity index (χ4v) is 3.91. The van der Waals surface area contributed by atoms with Crippen molar-refractivity contribution in [2.75, 3.05) is 0 Å². The zero-order valence-electron chi connectivity index (χ0n) is 20.0. The molecule has 4 N–H and O–H groups in total. The highest BCUT2D eigenvalue weighted by Gasteiger charge is 2.24. The first-order valence-corrected chi connectivity index (χ1v) is 11.5. The summed E-state index contributed by atoms with van der Waals surface area (Å²) in [6.45, 7) is 5.05. The Bertz CT molecular complexity index is 1300. The van der Waals surface area contributed by atoms with Crippen molar-refractivity contribution >= 4 is 5.84 Å². The lowest BCUT2D eigenvalue weighted by Gasteiger charge is -2.26. The van der Waals surface area contributed by atoms with Crippen LogP contribution in [-0.2, 0) is 18.6 Å². The second kappa shape index (κ2) is 10.3. The fraction of sp³-hybridized carbons (Fsp3) is 0.167. The molecule has 0 unspecified atom stereocenters. The molecule has 0 saturated carbocycles. The lowest BCUT2D eigenvalue weighted by atomic mass is 9.78. The van der Waals surface area contributed by atoms with Gasteiger partial charge in [-0.3, -0.25) is 5.41 Å². The van der Waals surface area contributed by atoms with Gasteiger partial charge in [0.25, 0.3) is 0 Å². The number of amidine groups is 1. The molecule has 4 aromatic carbocycles. The average Bonchev–Trinajstić information content (AvgIpc) is 2.88. The maximum absolute atomic E-state index is 10.4. The summed E-state index contributed by atoms with van der Waals surface area (Å²) in [7, 11) is 0. The number of nitrogen functional groups attached to an aromatic ring is 1.